The zero-order valence-corrected chi connectivity index (χ0v) is 17.0. The minimum absolute atomic E-state index is 0.0457. The van der Waals surface area contributed by atoms with Crippen molar-refractivity contribution in [3.8, 4) is 0 Å². The number of amides is 1. The molecule has 3 N–H and O–H groups in total. The van der Waals surface area contributed by atoms with Crippen LogP contribution in [0.2, 0.25) is 0 Å². The summed E-state index contributed by atoms with van der Waals surface area (Å²) >= 11 is 0. The molecule has 1 heterocycles. The number of esters is 1. The number of fused-ring (bicyclic) bond motifs is 1. The number of benzene rings is 2. The highest BCUT2D eigenvalue weighted by molar-refractivity contribution is 7.86. The van der Waals surface area contributed by atoms with Crippen molar-refractivity contribution in [2.75, 3.05) is 19.6 Å². The van der Waals surface area contributed by atoms with E-state index in [2.05, 4.69) is 4.74 Å². The number of nitrogens with zero attached hydrogens (tertiary/aromatic N) is 1. The molecular formula is C19H21F3N2O6S. The maximum Gasteiger partial charge on any atom is 0.490 e. The van der Waals surface area contributed by atoms with E-state index in [4.69, 9.17) is 10.3 Å². The van der Waals surface area contributed by atoms with Crippen molar-refractivity contribution in [2.24, 2.45) is 5.73 Å². The summed E-state index contributed by atoms with van der Waals surface area (Å²) in [5.74, 6) is -3.46. The molecule has 0 saturated carbocycles. The van der Waals surface area contributed by atoms with Gasteiger partial charge >= 0.3 is 12.1 Å². The molecule has 1 fully saturated rings. The molecule has 31 heavy (non-hydrogen) atoms. The minimum Gasteiger partial charge on any atom is -0.444 e. The summed E-state index contributed by atoms with van der Waals surface area (Å²) in [6.07, 6.45) is -4.86. The highest BCUT2D eigenvalue weighted by Crippen LogP contribution is 2.22. The molecule has 1 saturated heterocycles. The Kier molecular flexibility index (Phi) is 7.98. The molecule has 1 atom stereocenters. The molecule has 0 aromatic heterocycles. The summed E-state index contributed by atoms with van der Waals surface area (Å²) in [7, 11) is -4.13. The van der Waals surface area contributed by atoms with Crippen molar-refractivity contribution < 1.29 is 40.5 Å². The van der Waals surface area contributed by atoms with Crippen LogP contribution in [0, 0.1) is 0 Å². The summed E-state index contributed by atoms with van der Waals surface area (Å²) < 4.78 is 70.9. The number of rotatable bonds is 5. The number of carbonyl (C=O) groups is 2. The Balaban J connectivity index is 0.000000224. The van der Waals surface area contributed by atoms with E-state index < -0.39 is 34.3 Å². The van der Waals surface area contributed by atoms with E-state index in [1.165, 1.54) is 6.07 Å². The van der Waals surface area contributed by atoms with Crippen LogP contribution in [0.1, 0.15) is 12.8 Å². The van der Waals surface area contributed by atoms with Crippen LogP contribution in [0.3, 0.4) is 0 Å². The van der Waals surface area contributed by atoms with Gasteiger partial charge in [0.15, 0.2) is 6.10 Å². The van der Waals surface area contributed by atoms with Crippen molar-refractivity contribution in [1.29, 1.82) is 0 Å². The van der Waals surface area contributed by atoms with E-state index in [9.17, 15) is 31.2 Å². The summed E-state index contributed by atoms with van der Waals surface area (Å²) in [4.78, 5) is 23.2. The third-order valence-corrected chi connectivity index (χ3v) is 5.36. The second-order valence-electron chi connectivity index (χ2n) is 6.75. The molecule has 0 radical (unpaired) electrons. The first kappa shape index (κ1) is 24.6. The number of halogens is 3. The van der Waals surface area contributed by atoms with Crippen molar-refractivity contribution in [1.82, 2.24) is 4.90 Å². The Morgan fingerprint density at radius 3 is 2.23 bits per heavy atom. The number of hydrogen-bond donors (Lipinski definition) is 2. The van der Waals surface area contributed by atoms with Crippen LogP contribution in [0.4, 0.5) is 13.2 Å². The van der Waals surface area contributed by atoms with Crippen LogP contribution in [-0.4, -0.2) is 61.7 Å². The highest BCUT2D eigenvalue weighted by Gasteiger charge is 2.43. The van der Waals surface area contributed by atoms with Gasteiger partial charge in [0.05, 0.1) is 0 Å². The second kappa shape index (κ2) is 10.1. The molecule has 12 heteroatoms. The smallest absolute Gasteiger partial charge is 0.444 e. The predicted octanol–water partition coefficient (Wildman–Crippen LogP) is 2.13. The molecule has 8 nitrogen and oxygen atoms in total. The van der Waals surface area contributed by atoms with E-state index in [1.54, 1.807) is 35.2 Å². The van der Waals surface area contributed by atoms with Crippen LogP contribution < -0.4 is 5.73 Å². The van der Waals surface area contributed by atoms with E-state index >= 15 is 0 Å². The summed E-state index contributed by atoms with van der Waals surface area (Å²) in [5, 5.41) is 1.33. The molecule has 3 rings (SSSR count). The van der Waals surface area contributed by atoms with Gasteiger partial charge in [0.25, 0.3) is 16.0 Å². The van der Waals surface area contributed by atoms with Gasteiger partial charge in [-0.1, -0.05) is 36.4 Å². The third kappa shape index (κ3) is 7.19. The lowest BCUT2D eigenvalue weighted by Gasteiger charge is -2.21. The SMILES string of the molecule is NC(=O)[C@@H](CN1CCCC1)OC(=O)C(F)(F)F.O=S(=O)(O)c1cccc2ccccc12. The fourth-order valence-corrected chi connectivity index (χ4v) is 3.72. The molecule has 0 unspecified atom stereocenters. The standard InChI is InChI=1S/C10H8O3S.C9H13F3N2O3/c11-14(12,13)10-7-3-5-8-4-1-2-6-9(8)10;10-9(11,12)8(16)17-6(7(13)15)5-14-3-1-2-4-14/h1-7H,(H,11,12,13);6H,1-5H2,(H2,13,15)/t;6-/m.1/s1. The lowest BCUT2D eigenvalue weighted by molar-refractivity contribution is -0.205. The number of ether oxygens (including phenoxy) is 1. The van der Waals surface area contributed by atoms with Crippen molar-refractivity contribution in [2.45, 2.75) is 30.0 Å². The van der Waals surface area contributed by atoms with Crippen LogP contribution in [0.25, 0.3) is 10.8 Å². The number of primary amides is 1. The zero-order valence-electron chi connectivity index (χ0n) is 16.2. The molecule has 1 aliphatic rings. The number of alkyl halides is 3. The lowest BCUT2D eigenvalue weighted by Crippen LogP contribution is -2.44. The van der Waals surface area contributed by atoms with Gasteiger partial charge in [0.2, 0.25) is 0 Å². The van der Waals surface area contributed by atoms with Gasteiger partial charge in [0, 0.05) is 11.9 Å². The largest absolute Gasteiger partial charge is 0.490 e. The average molecular weight is 462 g/mol. The molecule has 1 amide bonds. The fraction of sp³-hybridized carbons (Fsp3) is 0.368. The van der Waals surface area contributed by atoms with Crippen molar-refractivity contribution in [3.05, 3.63) is 42.5 Å². The lowest BCUT2D eigenvalue weighted by atomic mass is 10.1. The van der Waals surface area contributed by atoms with E-state index in [0.717, 1.165) is 18.2 Å². The normalized spacial score (nSPS) is 15.7. The summed E-state index contributed by atoms with van der Waals surface area (Å²) in [6.45, 7) is 1.23. The molecular weight excluding hydrogens is 441 g/mol. The Bertz CT molecular complexity index is 1030. The first-order valence-corrected chi connectivity index (χ1v) is 10.6. The third-order valence-electron chi connectivity index (χ3n) is 4.45. The maximum absolute atomic E-state index is 11.9. The summed E-state index contributed by atoms with van der Waals surface area (Å²) in [6, 6.07) is 11.8. The molecule has 170 valence electrons. The van der Waals surface area contributed by atoms with Crippen LogP contribution in [0.15, 0.2) is 47.4 Å². The fourth-order valence-electron chi connectivity index (χ4n) is 3.00. The summed E-state index contributed by atoms with van der Waals surface area (Å²) in [5.41, 5.74) is 4.90. The van der Waals surface area contributed by atoms with Gasteiger partial charge in [-0.25, -0.2) is 4.79 Å². The molecule has 0 aliphatic carbocycles. The number of likely N-dealkylation sites (tertiary alicyclic amines) is 1. The molecule has 2 aromatic rings. The maximum atomic E-state index is 11.9. The van der Waals surface area contributed by atoms with Crippen LogP contribution in [0.5, 0.6) is 0 Å². The Morgan fingerprint density at radius 1 is 1.10 bits per heavy atom. The van der Waals surface area contributed by atoms with Gasteiger partial charge < -0.3 is 10.5 Å². The van der Waals surface area contributed by atoms with Crippen molar-refractivity contribution >= 4 is 32.8 Å². The Hall–Kier alpha value is -2.70. The zero-order chi connectivity index (χ0) is 23.2. The van der Waals surface area contributed by atoms with Gasteiger partial charge in [-0.3, -0.25) is 14.2 Å². The first-order valence-electron chi connectivity index (χ1n) is 9.14. The quantitative estimate of drug-likeness (QED) is 0.515. The Labute approximate surface area is 176 Å². The molecule has 1 aliphatic heterocycles. The average Bonchev–Trinajstić information content (AvgIpc) is 3.19. The molecule has 0 spiro atoms. The van der Waals surface area contributed by atoms with Crippen LogP contribution >= 0.6 is 0 Å². The van der Waals surface area contributed by atoms with Crippen LogP contribution in [-0.2, 0) is 24.4 Å². The number of nitrogens with two attached hydrogens (primary N) is 1. The molecule has 2 aromatic carbocycles. The van der Waals surface area contributed by atoms with Gasteiger partial charge in [-0.15, -0.1) is 0 Å². The second-order valence-corrected chi connectivity index (χ2v) is 8.14. The number of carbonyl (C=O) groups excluding carboxylic acids is 2. The first-order chi connectivity index (χ1) is 14.4. The molecule has 0 bridgehead atoms. The predicted molar refractivity (Wildman–Crippen MR) is 105 cm³/mol. The minimum atomic E-state index is -5.11. The van der Waals surface area contributed by atoms with E-state index in [0.29, 0.717) is 18.5 Å². The topological polar surface area (TPSA) is 127 Å². The van der Waals surface area contributed by atoms with Crippen molar-refractivity contribution in [3.63, 3.8) is 0 Å². The number of hydrogen-bond acceptors (Lipinski definition) is 6. The van der Waals surface area contributed by atoms with Gasteiger partial charge in [-0.05, 0) is 37.4 Å². The Morgan fingerprint density at radius 2 is 1.68 bits per heavy atom. The highest BCUT2D eigenvalue weighted by atomic mass is 32.2. The van der Waals surface area contributed by atoms with Gasteiger partial charge in [0.1, 0.15) is 4.90 Å². The van der Waals surface area contributed by atoms with Gasteiger partial charge in [-0.2, -0.15) is 21.6 Å². The monoisotopic (exact) mass is 462 g/mol. The van der Waals surface area contributed by atoms with E-state index in [-0.39, 0.29) is 11.4 Å². The van der Waals surface area contributed by atoms with E-state index in [1.807, 2.05) is 6.07 Å².